The number of carbonyl (C=O) groups is 1. The van der Waals surface area contributed by atoms with Gasteiger partial charge in [0, 0.05) is 24.3 Å². The second kappa shape index (κ2) is 6.69. The summed E-state index contributed by atoms with van der Waals surface area (Å²) in [6.07, 6.45) is 9.80. The fourth-order valence-corrected chi connectivity index (χ4v) is 4.90. The number of hydrogen-bond donors (Lipinski definition) is 1. The first kappa shape index (κ1) is 15.8. The summed E-state index contributed by atoms with van der Waals surface area (Å²) in [5, 5.41) is 9.64. The number of rotatable bonds is 4. The highest BCUT2D eigenvalue weighted by Crippen LogP contribution is 2.44. The molecule has 1 aliphatic carbocycles. The zero-order valence-electron chi connectivity index (χ0n) is 13.7. The Labute approximate surface area is 146 Å². The number of aromatic nitrogens is 2. The van der Waals surface area contributed by atoms with E-state index in [-0.39, 0.29) is 11.3 Å². The molecule has 0 unspecified atom stereocenters. The quantitative estimate of drug-likeness (QED) is 0.918. The summed E-state index contributed by atoms with van der Waals surface area (Å²) in [4.78, 5) is 14.2. The highest BCUT2D eigenvalue weighted by molar-refractivity contribution is 7.10. The first-order chi connectivity index (χ1) is 11.8. The van der Waals surface area contributed by atoms with Gasteiger partial charge in [-0.15, -0.1) is 11.3 Å². The van der Waals surface area contributed by atoms with E-state index in [1.54, 1.807) is 17.5 Å². The number of thiophene rings is 1. The van der Waals surface area contributed by atoms with Crippen LogP contribution in [0, 0.1) is 0 Å². The lowest BCUT2D eigenvalue weighted by Crippen LogP contribution is -2.37. The lowest BCUT2D eigenvalue weighted by atomic mass is 9.83. The number of hydrogen-bond acceptors (Lipinski definition) is 4. The van der Waals surface area contributed by atoms with E-state index in [0.29, 0.717) is 6.04 Å². The topological polar surface area (TPSA) is 56.2 Å². The summed E-state index contributed by atoms with van der Waals surface area (Å²) in [6.45, 7) is 1.57. The van der Waals surface area contributed by atoms with Gasteiger partial charge in [0.2, 0.25) is 5.91 Å². The molecular weight excluding hydrogens is 322 g/mol. The van der Waals surface area contributed by atoms with Crippen LogP contribution >= 0.6 is 11.3 Å². The van der Waals surface area contributed by atoms with Crippen LogP contribution < -0.4 is 5.32 Å². The largest absolute Gasteiger partial charge is 0.381 e. The Kier molecular flexibility index (Phi) is 4.41. The van der Waals surface area contributed by atoms with Gasteiger partial charge in [0.1, 0.15) is 0 Å². The molecule has 0 atom stereocenters. The van der Waals surface area contributed by atoms with Crippen LogP contribution in [0.5, 0.6) is 0 Å². The molecule has 4 rings (SSSR count). The summed E-state index contributed by atoms with van der Waals surface area (Å²) < 4.78 is 7.38. The molecule has 1 amide bonds. The Morgan fingerprint density at radius 1 is 1.33 bits per heavy atom. The molecule has 1 N–H and O–H groups in total. The molecule has 3 heterocycles. The van der Waals surface area contributed by atoms with E-state index in [2.05, 4.69) is 21.9 Å². The molecule has 2 aromatic rings. The molecule has 2 aromatic heterocycles. The fourth-order valence-electron chi connectivity index (χ4n) is 3.92. The Morgan fingerprint density at radius 2 is 2.12 bits per heavy atom. The van der Waals surface area contributed by atoms with Crippen molar-refractivity contribution in [1.82, 2.24) is 9.78 Å². The van der Waals surface area contributed by atoms with Crippen molar-refractivity contribution in [3.63, 3.8) is 0 Å². The molecule has 128 valence electrons. The summed E-state index contributed by atoms with van der Waals surface area (Å²) >= 11 is 1.69. The highest BCUT2D eigenvalue weighted by atomic mass is 32.1. The monoisotopic (exact) mass is 345 g/mol. The van der Waals surface area contributed by atoms with Gasteiger partial charge in [-0.2, -0.15) is 5.10 Å². The third kappa shape index (κ3) is 2.89. The lowest BCUT2D eigenvalue weighted by molar-refractivity contribution is -0.121. The average Bonchev–Trinajstić information content (AvgIpc) is 3.36. The van der Waals surface area contributed by atoms with Crippen LogP contribution in [-0.2, 0) is 14.9 Å². The van der Waals surface area contributed by atoms with Crippen molar-refractivity contribution in [3.8, 4) is 0 Å². The van der Waals surface area contributed by atoms with E-state index in [1.165, 1.54) is 4.88 Å². The normalized spacial score (nSPS) is 21.0. The second-order valence-corrected chi connectivity index (χ2v) is 7.72. The molecule has 2 fully saturated rings. The summed E-state index contributed by atoms with van der Waals surface area (Å²) in [7, 11) is 0. The van der Waals surface area contributed by atoms with Gasteiger partial charge >= 0.3 is 0 Å². The van der Waals surface area contributed by atoms with Crippen molar-refractivity contribution in [2.45, 2.75) is 50.0 Å². The first-order valence-corrected chi connectivity index (χ1v) is 9.63. The molecule has 0 spiro atoms. The molecule has 0 bridgehead atoms. The van der Waals surface area contributed by atoms with Crippen molar-refractivity contribution in [2.75, 3.05) is 18.5 Å². The van der Waals surface area contributed by atoms with Crippen LogP contribution in [0.3, 0.4) is 0 Å². The molecule has 1 saturated carbocycles. The lowest BCUT2D eigenvalue weighted by Gasteiger charge is -2.26. The van der Waals surface area contributed by atoms with Crippen molar-refractivity contribution >= 4 is 22.9 Å². The zero-order valence-corrected chi connectivity index (χ0v) is 14.6. The van der Waals surface area contributed by atoms with E-state index >= 15 is 0 Å². The number of carbonyl (C=O) groups excluding carboxylic acids is 1. The van der Waals surface area contributed by atoms with E-state index < -0.39 is 0 Å². The van der Waals surface area contributed by atoms with Crippen molar-refractivity contribution < 1.29 is 9.53 Å². The maximum atomic E-state index is 13.1. The van der Waals surface area contributed by atoms with Gasteiger partial charge in [-0.3, -0.25) is 9.48 Å². The zero-order chi connectivity index (χ0) is 16.4. The maximum Gasteiger partial charge on any atom is 0.235 e. The molecule has 2 aliphatic rings. The summed E-state index contributed by atoms with van der Waals surface area (Å²) in [6, 6.07) is 4.51. The second-order valence-electron chi connectivity index (χ2n) is 6.77. The number of nitrogens with zero attached hydrogens (tertiary/aromatic N) is 2. The van der Waals surface area contributed by atoms with Crippen molar-refractivity contribution in [2.24, 2.45) is 0 Å². The molecule has 24 heavy (non-hydrogen) atoms. The Bertz CT molecular complexity index is 683. The van der Waals surface area contributed by atoms with Crippen LogP contribution in [-0.4, -0.2) is 28.9 Å². The highest BCUT2D eigenvalue weighted by Gasteiger charge is 2.43. The van der Waals surface area contributed by atoms with Crippen molar-refractivity contribution in [1.29, 1.82) is 0 Å². The van der Waals surface area contributed by atoms with Gasteiger partial charge in [-0.05, 0) is 37.1 Å². The van der Waals surface area contributed by atoms with Crippen LogP contribution in [0.15, 0.2) is 29.9 Å². The van der Waals surface area contributed by atoms with Crippen LogP contribution in [0.1, 0.15) is 49.4 Å². The standard InChI is InChI=1S/C18H23N3O2S/c22-17(18(7-1-2-8-18)16-4-3-11-24-16)20-14-12-19-21(13-14)15-5-9-23-10-6-15/h3-4,11-13,15H,1-2,5-10H2,(H,20,22). The Hall–Kier alpha value is -1.66. The molecule has 5 nitrogen and oxygen atoms in total. The average molecular weight is 345 g/mol. The van der Waals surface area contributed by atoms with Crippen LogP contribution in [0.25, 0.3) is 0 Å². The predicted octanol–water partition coefficient (Wildman–Crippen LogP) is 3.75. The predicted molar refractivity (Wildman–Crippen MR) is 94.4 cm³/mol. The molecular formula is C18H23N3O2S. The van der Waals surface area contributed by atoms with Gasteiger partial charge in [0.15, 0.2) is 0 Å². The Morgan fingerprint density at radius 3 is 2.83 bits per heavy atom. The van der Waals surface area contributed by atoms with Gasteiger partial charge in [0.05, 0.1) is 23.3 Å². The number of ether oxygens (including phenoxy) is 1. The minimum Gasteiger partial charge on any atom is -0.381 e. The van der Waals surface area contributed by atoms with Crippen LogP contribution in [0.2, 0.25) is 0 Å². The summed E-state index contributed by atoms with van der Waals surface area (Å²) in [5.74, 6) is 0.119. The Balaban J connectivity index is 1.50. The van der Waals surface area contributed by atoms with E-state index in [4.69, 9.17) is 4.74 Å². The smallest absolute Gasteiger partial charge is 0.235 e. The number of nitrogens with one attached hydrogen (secondary N) is 1. The minimum absolute atomic E-state index is 0.119. The molecule has 0 radical (unpaired) electrons. The summed E-state index contributed by atoms with van der Waals surface area (Å²) in [5.41, 5.74) is 0.448. The molecule has 1 aliphatic heterocycles. The van der Waals surface area contributed by atoms with E-state index in [0.717, 1.165) is 57.4 Å². The third-order valence-corrected chi connectivity index (χ3v) is 6.38. The van der Waals surface area contributed by atoms with E-state index in [9.17, 15) is 4.79 Å². The minimum atomic E-state index is -0.352. The fraction of sp³-hybridized carbons (Fsp3) is 0.556. The van der Waals surface area contributed by atoms with Crippen LogP contribution in [0.4, 0.5) is 5.69 Å². The van der Waals surface area contributed by atoms with Crippen molar-refractivity contribution in [3.05, 3.63) is 34.8 Å². The van der Waals surface area contributed by atoms with Gasteiger partial charge < -0.3 is 10.1 Å². The van der Waals surface area contributed by atoms with E-state index in [1.807, 2.05) is 16.9 Å². The SMILES string of the molecule is O=C(Nc1cnn(C2CCOCC2)c1)C1(c2cccs2)CCCC1. The number of amides is 1. The third-order valence-electron chi connectivity index (χ3n) is 5.31. The number of anilines is 1. The van der Waals surface area contributed by atoms with Gasteiger partial charge in [-0.1, -0.05) is 18.9 Å². The molecule has 1 saturated heterocycles. The van der Waals surface area contributed by atoms with Gasteiger partial charge in [-0.25, -0.2) is 0 Å². The first-order valence-electron chi connectivity index (χ1n) is 8.75. The molecule has 0 aromatic carbocycles. The maximum absolute atomic E-state index is 13.1. The molecule has 6 heteroatoms. The van der Waals surface area contributed by atoms with Gasteiger partial charge in [0.25, 0.3) is 0 Å².